The Bertz CT molecular complexity index is 1350. The van der Waals surface area contributed by atoms with E-state index in [-0.39, 0.29) is 28.2 Å². The number of nitrogens with zero attached hydrogens (tertiary/aromatic N) is 3. The monoisotopic (exact) mass is 419 g/mol. The molecule has 0 radical (unpaired) electrons. The van der Waals surface area contributed by atoms with E-state index in [0.29, 0.717) is 11.3 Å². The minimum Gasteiger partial charge on any atom is -0.463 e. The van der Waals surface area contributed by atoms with E-state index in [1.54, 1.807) is 48.5 Å². The summed E-state index contributed by atoms with van der Waals surface area (Å²) in [4.78, 5) is 4.54. The number of para-hydroxylation sites is 1. The van der Waals surface area contributed by atoms with Crippen LogP contribution in [0.1, 0.15) is 11.1 Å². The van der Waals surface area contributed by atoms with Gasteiger partial charge >= 0.3 is 6.18 Å². The van der Waals surface area contributed by atoms with Crippen molar-refractivity contribution in [2.24, 2.45) is 0 Å². The number of furan rings is 1. The van der Waals surface area contributed by atoms with Crippen LogP contribution in [0.3, 0.4) is 0 Å². The van der Waals surface area contributed by atoms with Crippen LogP contribution < -0.4 is 0 Å². The summed E-state index contributed by atoms with van der Waals surface area (Å²) in [6.07, 6.45) is -3.20. The molecular weight excluding hydrogens is 403 g/mol. The summed E-state index contributed by atoms with van der Waals surface area (Å²) in [5, 5.41) is 4.53. The van der Waals surface area contributed by atoms with Gasteiger partial charge in [0.25, 0.3) is 0 Å². The van der Waals surface area contributed by atoms with Gasteiger partial charge in [-0.2, -0.15) is 18.3 Å². The molecular formula is C24H16F3N3O. The van der Waals surface area contributed by atoms with Crippen molar-refractivity contribution in [2.45, 2.75) is 13.1 Å². The van der Waals surface area contributed by atoms with Crippen LogP contribution >= 0.6 is 0 Å². The van der Waals surface area contributed by atoms with Crippen LogP contribution in [0.2, 0.25) is 0 Å². The molecule has 0 aliphatic rings. The van der Waals surface area contributed by atoms with Gasteiger partial charge < -0.3 is 4.42 Å². The van der Waals surface area contributed by atoms with Gasteiger partial charge in [0.2, 0.25) is 0 Å². The maximum Gasteiger partial charge on any atom is 0.417 e. The molecule has 0 aliphatic heterocycles. The maximum absolute atomic E-state index is 14.2. The Balaban J connectivity index is 1.90. The number of pyridine rings is 1. The standard InChI is InChI=1S/C24H16F3N3O/c1-15-9-11-16(12-10-15)22-21-18(24(25,26)27)14-19(20-8-5-13-31-20)28-23(21)30(29-22)17-6-3-2-4-7-17/h2-14H,1H3. The third-order valence-corrected chi connectivity index (χ3v) is 5.04. The van der Waals surface area contributed by atoms with Crippen LogP contribution in [0, 0.1) is 6.92 Å². The molecule has 4 nitrogen and oxygen atoms in total. The first-order valence-electron chi connectivity index (χ1n) is 9.59. The lowest BCUT2D eigenvalue weighted by atomic mass is 10.0. The first kappa shape index (κ1) is 19.1. The predicted molar refractivity (Wildman–Crippen MR) is 112 cm³/mol. The zero-order valence-corrected chi connectivity index (χ0v) is 16.4. The highest BCUT2D eigenvalue weighted by molar-refractivity contribution is 5.96. The SMILES string of the molecule is Cc1ccc(-c2nn(-c3ccccc3)c3nc(-c4ccco4)cc(C(F)(F)F)c23)cc1. The minimum atomic E-state index is -4.60. The second-order valence-electron chi connectivity index (χ2n) is 7.19. The lowest BCUT2D eigenvalue weighted by Crippen LogP contribution is -2.08. The molecule has 0 spiro atoms. The molecule has 0 amide bonds. The van der Waals surface area contributed by atoms with Gasteiger partial charge in [-0.1, -0.05) is 48.0 Å². The number of hydrogen-bond acceptors (Lipinski definition) is 3. The molecule has 0 saturated heterocycles. The van der Waals surface area contributed by atoms with Crippen molar-refractivity contribution in [3.8, 4) is 28.4 Å². The first-order valence-corrected chi connectivity index (χ1v) is 9.59. The molecule has 0 bridgehead atoms. The van der Waals surface area contributed by atoms with E-state index in [2.05, 4.69) is 10.1 Å². The minimum absolute atomic E-state index is 0.0458. The molecule has 5 rings (SSSR count). The highest BCUT2D eigenvalue weighted by atomic mass is 19.4. The van der Waals surface area contributed by atoms with E-state index in [1.165, 1.54) is 10.9 Å². The number of halogens is 3. The van der Waals surface area contributed by atoms with Crippen molar-refractivity contribution in [1.29, 1.82) is 0 Å². The van der Waals surface area contributed by atoms with Gasteiger partial charge in [-0.05, 0) is 37.3 Å². The fourth-order valence-electron chi connectivity index (χ4n) is 3.55. The highest BCUT2D eigenvalue weighted by Crippen LogP contribution is 2.41. The Hall–Kier alpha value is -3.87. The molecule has 3 aromatic heterocycles. The summed E-state index contributed by atoms with van der Waals surface area (Å²) in [7, 11) is 0. The molecule has 0 fully saturated rings. The van der Waals surface area contributed by atoms with Gasteiger partial charge in [0.05, 0.1) is 22.9 Å². The second kappa shape index (κ2) is 7.12. The van der Waals surface area contributed by atoms with E-state index in [1.807, 2.05) is 25.1 Å². The Morgan fingerprint density at radius 2 is 1.65 bits per heavy atom. The summed E-state index contributed by atoms with van der Waals surface area (Å²) in [6.45, 7) is 1.92. The van der Waals surface area contributed by atoms with Gasteiger partial charge in [-0.25, -0.2) is 9.67 Å². The molecule has 0 N–H and O–H groups in total. The Morgan fingerprint density at radius 1 is 0.903 bits per heavy atom. The number of hydrogen-bond donors (Lipinski definition) is 0. The largest absolute Gasteiger partial charge is 0.463 e. The van der Waals surface area contributed by atoms with Gasteiger partial charge in [0.1, 0.15) is 11.4 Å². The first-order chi connectivity index (χ1) is 14.9. The topological polar surface area (TPSA) is 43.9 Å². The van der Waals surface area contributed by atoms with Crippen LogP contribution in [-0.4, -0.2) is 14.8 Å². The van der Waals surface area contributed by atoms with Crippen LogP contribution in [0.15, 0.2) is 83.5 Å². The molecule has 154 valence electrons. The molecule has 5 aromatic rings. The molecule has 0 saturated carbocycles. The van der Waals surface area contributed by atoms with Crippen LogP contribution in [0.5, 0.6) is 0 Å². The van der Waals surface area contributed by atoms with Crippen molar-refractivity contribution in [3.05, 3.63) is 90.2 Å². The molecule has 0 aliphatic carbocycles. The fourth-order valence-corrected chi connectivity index (χ4v) is 3.55. The van der Waals surface area contributed by atoms with Crippen molar-refractivity contribution in [1.82, 2.24) is 14.8 Å². The molecule has 0 unspecified atom stereocenters. The van der Waals surface area contributed by atoms with Crippen molar-refractivity contribution < 1.29 is 17.6 Å². The zero-order valence-electron chi connectivity index (χ0n) is 16.4. The van der Waals surface area contributed by atoms with E-state index in [9.17, 15) is 13.2 Å². The number of aryl methyl sites for hydroxylation is 1. The average Bonchev–Trinajstić information content (AvgIpc) is 3.42. The van der Waals surface area contributed by atoms with Crippen molar-refractivity contribution in [3.63, 3.8) is 0 Å². The maximum atomic E-state index is 14.2. The van der Waals surface area contributed by atoms with Gasteiger partial charge in [0, 0.05) is 5.56 Å². The van der Waals surface area contributed by atoms with E-state index >= 15 is 0 Å². The fraction of sp³-hybridized carbons (Fsp3) is 0.0833. The second-order valence-corrected chi connectivity index (χ2v) is 7.19. The van der Waals surface area contributed by atoms with E-state index < -0.39 is 11.7 Å². The molecule has 7 heteroatoms. The Kier molecular flexibility index (Phi) is 4.39. The number of fused-ring (bicyclic) bond motifs is 1. The third kappa shape index (κ3) is 3.38. The Labute approximate surface area is 175 Å². The normalized spacial score (nSPS) is 11.9. The van der Waals surface area contributed by atoms with E-state index in [0.717, 1.165) is 11.6 Å². The number of aromatic nitrogens is 3. The summed E-state index contributed by atoms with van der Waals surface area (Å²) in [5.41, 5.74) is 1.84. The molecule has 0 atom stereocenters. The van der Waals surface area contributed by atoms with Crippen molar-refractivity contribution >= 4 is 11.0 Å². The number of benzene rings is 2. The van der Waals surface area contributed by atoms with Gasteiger partial charge in [0.15, 0.2) is 11.4 Å². The summed E-state index contributed by atoms with van der Waals surface area (Å²) < 4.78 is 49.4. The van der Waals surface area contributed by atoms with Gasteiger partial charge in [-0.3, -0.25) is 0 Å². The molecule has 31 heavy (non-hydrogen) atoms. The van der Waals surface area contributed by atoms with Crippen LogP contribution in [-0.2, 0) is 6.18 Å². The lowest BCUT2D eigenvalue weighted by Gasteiger charge is -2.11. The quantitative estimate of drug-likeness (QED) is 0.328. The molecule has 2 aromatic carbocycles. The van der Waals surface area contributed by atoms with Gasteiger partial charge in [-0.15, -0.1) is 0 Å². The average molecular weight is 419 g/mol. The molecule has 3 heterocycles. The summed E-state index contributed by atoms with van der Waals surface area (Å²) in [5.74, 6) is 0.255. The van der Waals surface area contributed by atoms with E-state index in [4.69, 9.17) is 4.42 Å². The number of rotatable bonds is 3. The third-order valence-electron chi connectivity index (χ3n) is 5.04. The summed E-state index contributed by atoms with van der Waals surface area (Å²) in [6, 6.07) is 20.4. The highest BCUT2D eigenvalue weighted by Gasteiger charge is 2.37. The Morgan fingerprint density at radius 3 is 2.29 bits per heavy atom. The number of alkyl halides is 3. The van der Waals surface area contributed by atoms with Crippen molar-refractivity contribution in [2.75, 3.05) is 0 Å². The van der Waals surface area contributed by atoms with Crippen LogP contribution in [0.25, 0.3) is 39.4 Å². The zero-order chi connectivity index (χ0) is 21.6. The smallest absolute Gasteiger partial charge is 0.417 e. The predicted octanol–water partition coefficient (Wildman–Crippen LogP) is 6.67. The van der Waals surface area contributed by atoms with Crippen LogP contribution in [0.4, 0.5) is 13.2 Å². The lowest BCUT2D eigenvalue weighted by molar-refractivity contribution is -0.136. The summed E-state index contributed by atoms with van der Waals surface area (Å²) >= 11 is 0.